The van der Waals surface area contributed by atoms with Gasteiger partial charge in [0.2, 0.25) is 0 Å². The summed E-state index contributed by atoms with van der Waals surface area (Å²) in [5.74, 6) is -2.18. The Morgan fingerprint density at radius 3 is 2.59 bits per heavy atom. The molecule has 0 aliphatic heterocycles. The van der Waals surface area contributed by atoms with Gasteiger partial charge in [0.25, 0.3) is 0 Å². The molecule has 0 aliphatic carbocycles. The van der Waals surface area contributed by atoms with Gasteiger partial charge in [0.05, 0.1) is 11.5 Å². The van der Waals surface area contributed by atoms with E-state index in [2.05, 4.69) is 0 Å². The van der Waals surface area contributed by atoms with Gasteiger partial charge < -0.3 is 5.73 Å². The van der Waals surface area contributed by atoms with E-state index in [1.165, 1.54) is 0 Å². The zero-order chi connectivity index (χ0) is 13.1. The molecule has 6 heteroatoms. The van der Waals surface area contributed by atoms with Gasteiger partial charge in [-0.1, -0.05) is 6.92 Å². The van der Waals surface area contributed by atoms with Crippen LogP contribution in [0.4, 0.5) is 8.78 Å². The van der Waals surface area contributed by atoms with Crippen molar-refractivity contribution in [3.05, 3.63) is 35.4 Å². The predicted octanol–water partition coefficient (Wildman–Crippen LogP) is 1.47. The Labute approximate surface area is 99.6 Å². The van der Waals surface area contributed by atoms with Crippen LogP contribution in [0.3, 0.4) is 0 Å². The summed E-state index contributed by atoms with van der Waals surface area (Å²) in [6, 6.07) is 2.78. The van der Waals surface area contributed by atoms with E-state index in [-0.39, 0.29) is 23.8 Å². The lowest BCUT2D eigenvalue weighted by Crippen LogP contribution is -2.22. The third-order valence-corrected chi connectivity index (χ3v) is 4.15. The van der Waals surface area contributed by atoms with Gasteiger partial charge in [-0.15, -0.1) is 0 Å². The van der Waals surface area contributed by atoms with Crippen LogP contribution in [0.5, 0.6) is 0 Å². The fourth-order valence-corrected chi connectivity index (χ4v) is 3.27. The second-order valence-corrected chi connectivity index (χ2v) is 6.24. The summed E-state index contributed by atoms with van der Waals surface area (Å²) in [6.07, 6.45) is 0. The molecule has 17 heavy (non-hydrogen) atoms. The molecule has 0 saturated carbocycles. The SMILES string of the molecule is CC(CN)CS(=O)(=O)Cc1cc(F)ccc1F. The van der Waals surface area contributed by atoms with Crippen LogP contribution < -0.4 is 5.73 Å². The van der Waals surface area contributed by atoms with Gasteiger partial charge in [0, 0.05) is 5.56 Å². The van der Waals surface area contributed by atoms with Gasteiger partial charge in [-0.3, -0.25) is 0 Å². The number of hydrogen-bond donors (Lipinski definition) is 1. The largest absolute Gasteiger partial charge is 0.330 e. The van der Waals surface area contributed by atoms with E-state index in [4.69, 9.17) is 5.73 Å². The minimum Gasteiger partial charge on any atom is -0.330 e. The van der Waals surface area contributed by atoms with Gasteiger partial charge in [-0.05, 0) is 30.7 Å². The molecule has 0 bridgehead atoms. The number of hydrogen-bond acceptors (Lipinski definition) is 3. The van der Waals surface area contributed by atoms with Gasteiger partial charge in [-0.25, -0.2) is 17.2 Å². The predicted molar refractivity (Wildman–Crippen MR) is 62.1 cm³/mol. The number of benzene rings is 1. The highest BCUT2D eigenvalue weighted by Crippen LogP contribution is 2.15. The lowest BCUT2D eigenvalue weighted by Gasteiger charge is -2.10. The Kier molecular flexibility index (Phi) is 4.59. The van der Waals surface area contributed by atoms with E-state index in [1.807, 2.05) is 0 Å². The molecule has 3 nitrogen and oxygen atoms in total. The zero-order valence-electron chi connectivity index (χ0n) is 9.49. The van der Waals surface area contributed by atoms with E-state index >= 15 is 0 Å². The standard InChI is InChI=1S/C11H15F2NO2S/c1-8(5-14)6-17(15,16)7-9-4-10(12)2-3-11(9)13/h2-4,8H,5-7,14H2,1H3. The molecule has 1 aromatic carbocycles. The van der Waals surface area contributed by atoms with E-state index in [0.717, 1.165) is 18.2 Å². The summed E-state index contributed by atoms with van der Waals surface area (Å²) in [7, 11) is -3.47. The fourth-order valence-electron chi connectivity index (χ4n) is 1.45. The summed E-state index contributed by atoms with van der Waals surface area (Å²) in [5.41, 5.74) is 5.18. The van der Waals surface area contributed by atoms with Crippen LogP contribution in [-0.4, -0.2) is 20.7 Å². The maximum atomic E-state index is 13.3. The Morgan fingerprint density at radius 1 is 1.35 bits per heavy atom. The first-order valence-corrected chi connectivity index (χ1v) is 7.00. The van der Waals surface area contributed by atoms with Crippen molar-refractivity contribution >= 4 is 9.84 Å². The first-order valence-electron chi connectivity index (χ1n) is 5.18. The van der Waals surface area contributed by atoms with Crippen LogP contribution in [0.15, 0.2) is 18.2 Å². The quantitative estimate of drug-likeness (QED) is 0.875. The molecule has 2 N–H and O–H groups in total. The minimum atomic E-state index is -3.47. The fraction of sp³-hybridized carbons (Fsp3) is 0.455. The molecular formula is C11H15F2NO2S. The van der Waals surface area contributed by atoms with Crippen molar-refractivity contribution in [1.29, 1.82) is 0 Å². The molecule has 0 radical (unpaired) electrons. The van der Waals surface area contributed by atoms with Gasteiger partial charge in [-0.2, -0.15) is 0 Å². The molecule has 1 aromatic rings. The smallest absolute Gasteiger partial charge is 0.154 e. The van der Waals surface area contributed by atoms with Gasteiger partial charge >= 0.3 is 0 Å². The highest BCUT2D eigenvalue weighted by atomic mass is 32.2. The van der Waals surface area contributed by atoms with Crippen LogP contribution in [0.2, 0.25) is 0 Å². The molecule has 0 heterocycles. The second-order valence-electron chi connectivity index (χ2n) is 4.13. The number of nitrogens with two attached hydrogens (primary N) is 1. The van der Waals surface area contributed by atoms with Crippen LogP contribution in [0.1, 0.15) is 12.5 Å². The Balaban J connectivity index is 2.86. The third-order valence-electron chi connectivity index (χ3n) is 2.32. The monoisotopic (exact) mass is 263 g/mol. The molecule has 0 aromatic heterocycles. The lowest BCUT2D eigenvalue weighted by atomic mass is 10.2. The van der Waals surface area contributed by atoms with Crippen LogP contribution in [-0.2, 0) is 15.6 Å². The van der Waals surface area contributed by atoms with E-state index < -0.39 is 27.2 Å². The summed E-state index contributed by atoms with van der Waals surface area (Å²) in [5, 5.41) is 0. The lowest BCUT2D eigenvalue weighted by molar-refractivity contribution is 0.565. The maximum Gasteiger partial charge on any atom is 0.154 e. The first-order chi connectivity index (χ1) is 7.84. The van der Waals surface area contributed by atoms with Crippen molar-refractivity contribution in [3.63, 3.8) is 0 Å². The highest BCUT2D eigenvalue weighted by molar-refractivity contribution is 7.90. The van der Waals surface area contributed by atoms with Crippen molar-refractivity contribution < 1.29 is 17.2 Å². The summed E-state index contributed by atoms with van der Waals surface area (Å²) in [4.78, 5) is 0. The van der Waals surface area contributed by atoms with E-state index in [1.54, 1.807) is 6.92 Å². The van der Waals surface area contributed by atoms with Crippen molar-refractivity contribution in [2.45, 2.75) is 12.7 Å². The topological polar surface area (TPSA) is 60.2 Å². The zero-order valence-corrected chi connectivity index (χ0v) is 10.3. The van der Waals surface area contributed by atoms with E-state index in [0.29, 0.717) is 0 Å². The normalized spacial score (nSPS) is 13.6. The summed E-state index contributed by atoms with van der Waals surface area (Å²) in [6.45, 7) is 1.93. The van der Waals surface area contributed by atoms with E-state index in [9.17, 15) is 17.2 Å². The number of rotatable bonds is 5. The molecule has 1 atom stereocenters. The average molecular weight is 263 g/mol. The summed E-state index contributed by atoms with van der Waals surface area (Å²) < 4.78 is 49.5. The molecule has 0 aliphatic rings. The van der Waals surface area contributed by atoms with Crippen molar-refractivity contribution in [3.8, 4) is 0 Å². The molecular weight excluding hydrogens is 248 g/mol. The van der Waals surface area contributed by atoms with Crippen LogP contribution >= 0.6 is 0 Å². The van der Waals surface area contributed by atoms with Gasteiger partial charge in [0.15, 0.2) is 9.84 Å². The third kappa shape index (κ3) is 4.40. The average Bonchev–Trinajstić information content (AvgIpc) is 2.22. The molecule has 96 valence electrons. The molecule has 1 unspecified atom stereocenters. The molecule has 1 rings (SSSR count). The first kappa shape index (κ1) is 14.1. The Hall–Kier alpha value is -1.01. The second kappa shape index (κ2) is 5.55. The maximum absolute atomic E-state index is 13.3. The van der Waals surface area contributed by atoms with Crippen molar-refractivity contribution in [2.24, 2.45) is 11.7 Å². The van der Waals surface area contributed by atoms with Crippen molar-refractivity contribution in [1.82, 2.24) is 0 Å². The molecule has 0 fully saturated rings. The number of halogens is 2. The molecule has 0 spiro atoms. The summed E-state index contributed by atoms with van der Waals surface area (Å²) >= 11 is 0. The number of sulfone groups is 1. The molecule has 0 amide bonds. The highest BCUT2D eigenvalue weighted by Gasteiger charge is 2.18. The van der Waals surface area contributed by atoms with Crippen LogP contribution in [0, 0.1) is 17.6 Å². The Bertz CT molecular complexity index is 488. The van der Waals surface area contributed by atoms with Crippen LogP contribution in [0.25, 0.3) is 0 Å². The Morgan fingerprint density at radius 2 is 2.00 bits per heavy atom. The minimum absolute atomic E-state index is 0.126. The van der Waals surface area contributed by atoms with Crippen molar-refractivity contribution in [2.75, 3.05) is 12.3 Å². The molecule has 0 saturated heterocycles. The van der Waals surface area contributed by atoms with Gasteiger partial charge in [0.1, 0.15) is 11.6 Å².